The van der Waals surface area contributed by atoms with Gasteiger partial charge in [0.25, 0.3) is 11.8 Å². The number of amides is 2. The van der Waals surface area contributed by atoms with Crippen LogP contribution in [-0.2, 0) is 23.2 Å². The first-order valence-corrected chi connectivity index (χ1v) is 11.5. The third kappa shape index (κ3) is 8.19. The van der Waals surface area contributed by atoms with Crippen LogP contribution in [0, 0.1) is 0 Å². The van der Waals surface area contributed by atoms with Crippen LogP contribution in [0.4, 0.5) is 0 Å². The van der Waals surface area contributed by atoms with E-state index in [4.69, 9.17) is 9.05 Å². The normalized spacial score (nSPS) is 12.0. The van der Waals surface area contributed by atoms with Gasteiger partial charge >= 0.3 is 8.25 Å². The van der Waals surface area contributed by atoms with Gasteiger partial charge in [-0.05, 0) is 35.4 Å². The molecule has 0 aromatic heterocycles. The predicted molar refractivity (Wildman–Crippen MR) is 134 cm³/mol. The molecule has 0 heterocycles. The van der Waals surface area contributed by atoms with Crippen molar-refractivity contribution in [3.63, 3.8) is 0 Å². The summed E-state index contributed by atoms with van der Waals surface area (Å²) in [4.78, 5) is 27.8. The summed E-state index contributed by atoms with van der Waals surface area (Å²) in [5.74, 6) is -0.347. The molecule has 2 amide bonds. The smallest absolute Gasteiger partial charge is 0.345 e. The average Bonchev–Trinajstić information content (AvgIpc) is 2.84. The Morgan fingerprint density at radius 2 is 1.03 bits per heavy atom. The maximum atomic E-state index is 12.5. The van der Waals surface area contributed by atoms with Crippen LogP contribution in [0.3, 0.4) is 0 Å². The first-order chi connectivity index (χ1) is 16.3. The van der Waals surface area contributed by atoms with Gasteiger partial charge in [-0.3, -0.25) is 9.59 Å². The van der Waals surface area contributed by atoms with Crippen LogP contribution in [0.25, 0.3) is 11.1 Å². The number of carbonyl (C=O) groups excluding carboxylic acids is 2. The average molecular weight is 479 g/mol. The third-order valence-electron chi connectivity index (χ3n) is 4.42. The number of likely N-dealkylation sites (N-methyl/N-ethyl adjacent to an activating group) is 2. The minimum absolute atomic E-state index is 0.173. The molecule has 0 aliphatic carbocycles. The van der Waals surface area contributed by atoms with E-state index < -0.39 is 8.25 Å². The minimum atomic E-state index is -2.48. The highest BCUT2D eigenvalue weighted by molar-refractivity contribution is 7.33. The molecule has 0 bridgehead atoms. The van der Waals surface area contributed by atoms with Gasteiger partial charge in [0.1, 0.15) is 0 Å². The molecule has 0 saturated heterocycles. The topological polar surface area (TPSA) is 76.1 Å². The van der Waals surface area contributed by atoms with E-state index in [1.165, 1.54) is 34.5 Å². The second-order valence-electron chi connectivity index (χ2n) is 7.38. The number of allylic oxidation sites excluding steroid dienone is 4. The number of benzene rings is 2. The van der Waals surface area contributed by atoms with Crippen molar-refractivity contribution >= 4 is 31.2 Å². The Kier molecular flexibility index (Phi) is 10.5. The van der Waals surface area contributed by atoms with Crippen molar-refractivity contribution in [3.05, 3.63) is 109 Å². The van der Waals surface area contributed by atoms with Gasteiger partial charge in [0.15, 0.2) is 12.5 Å². The standard InChI is InChI=1S/C26H28N2O5P/c1-27(2)25(29)23(21-13-7-5-8-14-21)17-11-19-32-34(31)33-20-12-18-24(26(30)28(3)4)22-15-9-6-10-16-22/h5-20H,1-4H3/q+1/b19-11+,20-12+,23-17-,24-18-. The predicted octanol–water partition coefficient (Wildman–Crippen LogP) is 5.05. The molecule has 0 aliphatic heterocycles. The zero-order valence-corrected chi connectivity index (χ0v) is 20.5. The van der Waals surface area contributed by atoms with Crippen LogP contribution in [0.5, 0.6) is 0 Å². The van der Waals surface area contributed by atoms with Crippen LogP contribution < -0.4 is 0 Å². The summed E-state index contributed by atoms with van der Waals surface area (Å²) in [6.45, 7) is 0. The Hall–Kier alpha value is -3.96. The van der Waals surface area contributed by atoms with E-state index in [1.54, 1.807) is 40.3 Å². The summed E-state index contributed by atoms with van der Waals surface area (Å²) < 4.78 is 22.0. The summed E-state index contributed by atoms with van der Waals surface area (Å²) in [5.41, 5.74) is 2.43. The number of rotatable bonds is 10. The molecule has 7 nitrogen and oxygen atoms in total. The molecule has 176 valence electrons. The lowest BCUT2D eigenvalue weighted by Gasteiger charge is -2.13. The molecule has 0 atom stereocenters. The van der Waals surface area contributed by atoms with Crippen molar-refractivity contribution in [2.75, 3.05) is 28.2 Å². The van der Waals surface area contributed by atoms with Gasteiger partial charge in [0.05, 0.1) is 0 Å². The van der Waals surface area contributed by atoms with Gasteiger partial charge in [-0.15, -0.1) is 0 Å². The molecule has 34 heavy (non-hydrogen) atoms. The second kappa shape index (κ2) is 13.6. The lowest BCUT2D eigenvalue weighted by Crippen LogP contribution is -2.22. The first kappa shape index (κ1) is 26.3. The van der Waals surface area contributed by atoms with Crippen molar-refractivity contribution in [2.24, 2.45) is 0 Å². The third-order valence-corrected chi connectivity index (χ3v) is 5.01. The van der Waals surface area contributed by atoms with Crippen LogP contribution >= 0.6 is 8.25 Å². The van der Waals surface area contributed by atoms with Crippen LogP contribution in [-0.4, -0.2) is 49.8 Å². The molecule has 2 aromatic rings. The number of carbonyl (C=O) groups is 2. The highest BCUT2D eigenvalue weighted by atomic mass is 31.1. The fourth-order valence-corrected chi connectivity index (χ4v) is 3.15. The van der Waals surface area contributed by atoms with E-state index in [1.807, 2.05) is 60.7 Å². The SMILES string of the molecule is CN(C)C(=O)/C(=C\C=C\O[P+](=O)O/C=C/C=C(\C(=O)N(C)C)c1ccccc1)c1ccccc1. The summed E-state index contributed by atoms with van der Waals surface area (Å²) in [7, 11) is 4.19. The molecule has 0 fully saturated rings. The van der Waals surface area contributed by atoms with Gasteiger partial charge in [-0.1, -0.05) is 60.7 Å². The zero-order chi connectivity index (χ0) is 24.9. The van der Waals surface area contributed by atoms with Gasteiger partial charge in [0, 0.05) is 43.9 Å². The monoisotopic (exact) mass is 479 g/mol. The van der Waals surface area contributed by atoms with Crippen molar-refractivity contribution in [3.8, 4) is 0 Å². The molecule has 0 aliphatic rings. The van der Waals surface area contributed by atoms with E-state index in [2.05, 4.69) is 0 Å². The fraction of sp³-hybridized carbons (Fsp3) is 0.154. The van der Waals surface area contributed by atoms with Gasteiger partial charge in [0.2, 0.25) is 0 Å². The van der Waals surface area contributed by atoms with E-state index in [0.29, 0.717) is 11.1 Å². The maximum absolute atomic E-state index is 12.5. The number of hydrogen-bond donors (Lipinski definition) is 0. The van der Waals surface area contributed by atoms with E-state index in [9.17, 15) is 14.2 Å². The largest absolute Gasteiger partial charge is 0.804 e. The number of nitrogens with zero attached hydrogens (tertiary/aromatic N) is 2. The fourth-order valence-electron chi connectivity index (χ4n) is 2.76. The Morgan fingerprint density at radius 1 is 0.676 bits per heavy atom. The Morgan fingerprint density at radius 3 is 1.35 bits per heavy atom. The zero-order valence-electron chi connectivity index (χ0n) is 19.6. The molecule has 0 spiro atoms. The summed E-state index contributed by atoms with van der Waals surface area (Å²) in [6.07, 6.45) is 8.51. The molecule has 0 radical (unpaired) electrons. The van der Waals surface area contributed by atoms with E-state index in [-0.39, 0.29) is 11.8 Å². The van der Waals surface area contributed by atoms with Gasteiger partial charge in [-0.25, -0.2) is 9.05 Å². The molecule has 0 saturated carbocycles. The van der Waals surface area contributed by atoms with Crippen LogP contribution in [0.1, 0.15) is 11.1 Å². The highest BCUT2D eigenvalue weighted by Crippen LogP contribution is 2.25. The quantitative estimate of drug-likeness (QED) is 0.206. The molecular weight excluding hydrogens is 451 g/mol. The molecule has 2 rings (SSSR count). The van der Waals surface area contributed by atoms with Gasteiger partial charge in [-0.2, -0.15) is 0 Å². The van der Waals surface area contributed by atoms with Crippen LogP contribution in [0.2, 0.25) is 0 Å². The molecular formula is C26H28N2O5P+. The summed E-state index contributed by atoms with van der Waals surface area (Å²) in [6, 6.07) is 18.4. The van der Waals surface area contributed by atoms with E-state index >= 15 is 0 Å². The Labute approximate surface area is 201 Å². The molecule has 2 aromatic carbocycles. The molecule has 0 unspecified atom stereocenters. The van der Waals surface area contributed by atoms with Gasteiger partial charge < -0.3 is 9.80 Å². The lowest BCUT2D eigenvalue weighted by molar-refractivity contribution is -0.123. The van der Waals surface area contributed by atoms with Crippen molar-refractivity contribution in [1.29, 1.82) is 0 Å². The lowest BCUT2D eigenvalue weighted by atomic mass is 10.0. The first-order valence-electron chi connectivity index (χ1n) is 10.4. The summed E-state index contributed by atoms with van der Waals surface area (Å²) >= 11 is 0. The van der Waals surface area contributed by atoms with Crippen molar-refractivity contribution < 1.29 is 23.2 Å². The molecule has 8 heteroatoms. The highest BCUT2D eigenvalue weighted by Gasteiger charge is 2.18. The van der Waals surface area contributed by atoms with Crippen LogP contribution in [0.15, 0.2) is 97.5 Å². The summed E-state index contributed by atoms with van der Waals surface area (Å²) in [5, 5.41) is 0. The second-order valence-corrected chi connectivity index (χ2v) is 8.25. The van der Waals surface area contributed by atoms with Crippen molar-refractivity contribution in [1.82, 2.24) is 9.80 Å². The number of hydrogen-bond acceptors (Lipinski definition) is 5. The molecule has 0 N–H and O–H groups in total. The van der Waals surface area contributed by atoms with Crippen molar-refractivity contribution in [2.45, 2.75) is 0 Å². The Balaban J connectivity index is 2.02. The Bertz CT molecular complexity index is 1020. The van der Waals surface area contributed by atoms with E-state index in [0.717, 1.165) is 11.1 Å². The maximum Gasteiger partial charge on any atom is 0.804 e. The minimum Gasteiger partial charge on any atom is -0.345 e.